The van der Waals surface area contributed by atoms with Crippen LogP contribution in [0, 0.1) is 0 Å². The Morgan fingerprint density at radius 1 is 1.27 bits per heavy atom. The zero-order chi connectivity index (χ0) is 11.6. The molecule has 0 atom stereocenters. The summed E-state index contributed by atoms with van der Waals surface area (Å²) in [7, 11) is 0. The molecule has 0 fully saturated rings. The SMILES string of the molecule is O=CNc1c(Br)cc(Br)cc1C(F)(F)F. The van der Waals surface area contributed by atoms with Crippen molar-refractivity contribution in [2.24, 2.45) is 0 Å². The Balaban J connectivity index is 3.39. The Bertz CT molecular complexity index is 392. The second kappa shape index (κ2) is 4.52. The van der Waals surface area contributed by atoms with Crippen molar-refractivity contribution in [1.29, 1.82) is 0 Å². The Morgan fingerprint density at radius 2 is 1.87 bits per heavy atom. The molecule has 1 aromatic carbocycles. The van der Waals surface area contributed by atoms with E-state index in [0.717, 1.165) is 6.07 Å². The molecule has 0 saturated heterocycles. The number of carbonyl (C=O) groups excluding carboxylic acids is 1. The normalized spacial score (nSPS) is 11.3. The van der Waals surface area contributed by atoms with Gasteiger partial charge in [0.1, 0.15) is 0 Å². The van der Waals surface area contributed by atoms with E-state index in [1.54, 1.807) is 0 Å². The van der Waals surface area contributed by atoms with E-state index >= 15 is 0 Å². The molecule has 0 spiro atoms. The van der Waals surface area contributed by atoms with Crippen LogP contribution in [0.25, 0.3) is 0 Å². The molecule has 82 valence electrons. The van der Waals surface area contributed by atoms with Crippen molar-refractivity contribution in [2.45, 2.75) is 6.18 Å². The van der Waals surface area contributed by atoms with Crippen LogP contribution in [0.15, 0.2) is 21.1 Å². The highest BCUT2D eigenvalue weighted by Gasteiger charge is 2.34. The fourth-order valence-corrected chi connectivity index (χ4v) is 2.34. The number of anilines is 1. The second-order valence-corrected chi connectivity index (χ2v) is 4.34. The zero-order valence-electron chi connectivity index (χ0n) is 7.03. The maximum absolute atomic E-state index is 12.5. The molecule has 0 aliphatic carbocycles. The molecular formula is C8H4Br2F3NO. The van der Waals surface area contributed by atoms with Crippen LogP contribution in [-0.2, 0) is 11.0 Å². The van der Waals surface area contributed by atoms with Crippen LogP contribution in [0.4, 0.5) is 18.9 Å². The molecule has 0 saturated carbocycles. The van der Waals surface area contributed by atoms with E-state index in [-0.39, 0.29) is 21.0 Å². The smallest absolute Gasteiger partial charge is 0.327 e. The fourth-order valence-electron chi connectivity index (χ4n) is 1.00. The summed E-state index contributed by atoms with van der Waals surface area (Å²) in [5.74, 6) is 0. The monoisotopic (exact) mass is 345 g/mol. The maximum Gasteiger partial charge on any atom is 0.418 e. The third-order valence-corrected chi connectivity index (χ3v) is 2.65. The Kier molecular flexibility index (Phi) is 3.77. The molecule has 0 unspecified atom stereocenters. The third-order valence-electron chi connectivity index (χ3n) is 1.56. The number of alkyl halides is 3. The van der Waals surface area contributed by atoms with Crippen LogP contribution in [0.5, 0.6) is 0 Å². The van der Waals surface area contributed by atoms with Crippen molar-refractivity contribution in [1.82, 2.24) is 0 Å². The van der Waals surface area contributed by atoms with Gasteiger partial charge in [-0.05, 0) is 28.1 Å². The lowest BCUT2D eigenvalue weighted by molar-refractivity contribution is -0.137. The van der Waals surface area contributed by atoms with Gasteiger partial charge in [-0.3, -0.25) is 4.79 Å². The third kappa shape index (κ3) is 2.94. The van der Waals surface area contributed by atoms with Gasteiger partial charge in [-0.2, -0.15) is 13.2 Å². The minimum absolute atomic E-state index is 0.163. The summed E-state index contributed by atoms with van der Waals surface area (Å²) in [6, 6.07) is 2.32. The van der Waals surface area contributed by atoms with Crippen LogP contribution >= 0.6 is 31.9 Å². The summed E-state index contributed by atoms with van der Waals surface area (Å²) in [5.41, 5.74) is -1.20. The predicted molar refractivity (Wildman–Crippen MR) is 56.5 cm³/mol. The number of nitrogens with one attached hydrogen (secondary N) is 1. The molecule has 1 amide bonds. The van der Waals surface area contributed by atoms with E-state index in [1.165, 1.54) is 6.07 Å². The number of hydrogen-bond donors (Lipinski definition) is 1. The van der Waals surface area contributed by atoms with Crippen molar-refractivity contribution < 1.29 is 18.0 Å². The van der Waals surface area contributed by atoms with E-state index in [1.807, 2.05) is 5.32 Å². The van der Waals surface area contributed by atoms with Gasteiger partial charge in [-0.25, -0.2) is 0 Å². The lowest BCUT2D eigenvalue weighted by Crippen LogP contribution is -2.10. The number of rotatable bonds is 2. The van der Waals surface area contributed by atoms with Crippen molar-refractivity contribution >= 4 is 44.0 Å². The van der Waals surface area contributed by atoms with Crippen LogP contribution in [0.2, 0.25) is 0 Å². The molecule has 0 aliphatic heterocycles. The summed E-state index contributed by atoms with van der Waals surface area (Å²) in [5, 5.41) is 2.01. The summed E-state index contributed by atoms with van der Waals surface area (Å²) in [6.45, 7) is 0. The van der Waals surface area contributed by atoms with Crippen molar-refractivity contribution in [2.75, 3.05) is 5.32 Å². The molecule has 0 aliphatic rings. The number of halogens is 5. The minimum atomic E-state index is -4.52. The van der Waals surface area contributed by atoms with Crippen molar-refractivity contribution in [3.63, 3.8) is 0 Å². The predicted octanol–water partition coefficient (Wildman–Crippen LogP) is 3.80. The largest absolute Gasteiger partial charge is 0.418 e. The average Bonchev–Trinajstić information content (AvgIpc) is 2.07. The van der Waals surface area contributed by atoms with Crippen LogP contribution in [0.3, 0.4) is 0 Å². The first-order valence-electron chi connectivity index (χ1n) is 3.62. The van der Waals surface area contributed by atoms with Gasteiger partial charge < -0.3 is 5.32 Å². The van der Waals surface area contributed by atoms with Gasteiger partial charge in [-0.15, -0.1) is 0 Å². The summed E-state index contributed by atoms with van der Waals surface area (Å²) in [4.78, 5) is 10.2. The first-order valence-corrected chi connectivity index (χ1v) is 5.21. The number of benzene rings is 1. The molecule has 0 heterocycles. The molecule has 1 aromatic rings. The van der Waals surface area contributed by atoms with Crippen LogP contribution in [0.1, 0.15) is 5.56 Å². The first-order chi connectivity index (χ1) is 6.86. The van der Waals surface area contributed by atoms with E-state index < -0.39 is 11.7 Å². The summed E-state index contributed by atoms with van der Waals surface area (Å²) < 4.78 is 38.0. The minimum Gasteiger partial charge on any atom is -0.327 e. The van der Waals surface area contributed by atoms with Crippen molar-refractivity contribution in [3.8, 4) is 0 Å². The molecule has 0 aromatic heterocycles. The van der Waals surface area contributed by atoms with Gasteiger partial charge in [0.15, 0.2) is 0 Å². The molecule has 2 nitrogen and oxygen atoms in total. The van der Waals surface area contributed by atoms with E-state index in [9.17, 15) is 18.0 Å². The van der Waals surface area contributed by atoms with Crippen LogP contribution < -0.4 is 5.32 Å². The average molecular weight is 347 g/mol. The van der Waals surface area contributed by atoms with Gasteiger partial charge in [0.25, 0.3) is 0 Å². The molecule has 15 heavy (non-hydrogen) atoms. The number of carbonyl (C=O) groups is 1. The first kappa shape index (κ1) is 12.5. The highest BCUT2D eigenvalue weighted by atomic mass is 79.9. The Morgan fingerprint density at radius 3 is 2.33 bits per heavy atom. The highest BCUT2D eigenvalue weighted by molar-refractivity contribution is 9.11. The van der Waals surface area contributed by atoms with Gasteiger partial charge in [0, 0.05) is 8.95 Å². The van der Waals surface area contributed by atoms with Gasteiger partial charge in [-0.1, -0.05) is 15.9 Å². The zero-order valence-corrected chi connectivity index (χ0v) is 10.2. The topological polar surface area (TPSA) is 29.1 Å². The van der Waals surface area contributed by atoms with Gasteiger partial charge in [0.05, 0.1) is 11.3 Å². The molecule has 7 heteroatoms. The van der Waals surface area contributed by atoms with Gasteiger partial charge in [0.2, 0.25) is 6.41 Å². The van der Waals surface area contributed by atoms with Crippen LogP contribution in [-0.4, -0.2) is 6.41 Å². The molecule has 0 bridgehead atoms. The summed E-state index contributed by atoms with van der Waals surface area (Å²) >= 11 is 5.88. The fraction of sp³-hybridized carbons (Fsp3) is 0.125. The van der Waals surface area contributed by atoms with Crippen molar-refractivity contribution in [3.05, 3.63) is 26.6 Å². The van der Waals surface area contributed by atoms with E-state index in [2.05, 4.69) is 31.9 Å². The highest BCUT2D eigenvalue weighted by Crippen LogP contribution is 2.40. The van der Waals surface area contributed by atoms with Gasteiger partial charge >= 0.3 is 6.18 Å². The molecule has 1 rings (SSSR count). The van der Waals surface area contributed by atoms with E-state index in [0.29, 0.717) is 0 Å². The summed E-state index contributed by atoms with van der Waals surface area (Å²) in [6.07, 6.45) is -4.32. The second-order valence-electron chi connectivity index (χ2n) is 2.57. The van der Waals surface area contributed by atoms with E-state index in [4.69, 9.17) is 0 Å². The Hall–Kier alpha value is -0.560. The number of amides is 1. The quantitative estimate of drug-likeness (QED) is 0.811. The lowest BCUT2D eigenvalue weighted by Gasteiger charge is -2.13. The number of hydrogen-bond acceptors (Lipinski definition) is 1. The maximum atomic E-state index is 12.5. The molecule has 0 radical (unpaired) electrons. The molecule has 1 N–H and O–H groups in total. The molecular weight excluding hydrogens is 343 g/mol. The Labute approximate surface area is 100 Å². The lowest BCUT2D eigenvalue weighted by atomic mass is 10.1. The standard InChI is InChI=1S/C8H4Br2F3NO/c9-4-1-5(8(11,12)13)7(14-3-15)6(10)2-4/h1-3H,(H,14,15).